The van der Waals surface area contributed by atoms with Crippen LogP contribution >= 0.6 is 0 Å². The molecule has 1 aromatic carbocycles. The number of para-hydroxylation sites is 1. The van der Waals surface area contributed by atoms with Crippen molar-refractivity contribution in [2.45, 2.75) is 13.3 Å². The number of aldehydes is 1. The van der Waals surface area contributed by atoms with Crippen molar-refractivity contribution < 1.29 is 9.53 Å². The van der Waals surface area contributed by atoms with Crippen LogP contribution in [0, 0.1) is 0 Å². The highest BCUT2D eigenvalue weighted by Gasteiger charge is 2.06. The predicted octanol–water partition coefficient (Wildman–Crippen LogP) is 3.50. The Morgan fingerprint density at radius 1 is 1.21 bits per heavy atom. The first-order valence-corrected chi connectivity index (χ1v) is 7.96. The summed E-state index contributed by atoms with van der Waals surface area (Å²) in [4.78, 5) is 19.8. The lowest BCUT2D eigenvalue weighted by molar-refractivity contribution is 0.112. The molecule has 0 atom stereocenters. The van der Waals surface area contributed by atoms with Crippen LogP contribution < -0.4 is 10.1 Å². The van der Waals surface area contributed by atoms with Gasteiger partial charge in [0.2, 0.25) is 0 Å². The Hall–Kier alpha value is -2.95. The van der Waals surface area contributed by atoms with E-state index in [2.05, 4.69) is 15.3 Å². The van der Waals surface area contributed by atoms with Gasteiger partial charge in [-0.3, -0.25) is 9.78 Å². The minimum atomic E-state index is 0.508. The molecule has 24 heavy (non-hydrogen) atoms. The zero-order valence-electron chi connectivity index (χ0n) is 13.5. The number of hydrogen-bond acceptors (Lipinski definition) is 5. The van der Waals surface area contributed by atoms with Gasteiger partial charge in [-0.05, 0) is 36.8 Å². The van der Waals surface area contributed by atoms with Gasteiger partial charge >= 0.3 is 0 Å². The van der Waals surface area contributed by atoms with E-state index >= 15 is 0 Å². The second-order valence-corrected chi connectivity index (χ2v) is 5.35. The number of hydrogen-bond donors (Lipinski definition) is 1. The van der Waals surface area contributed by atoms with Crippen molar-refractivity contribution in [2.75, 3.05) is 18.5 Å². The molecule has 0 unspecified atom stereocenters. The molecule has 0 aliphatic heterocycles. The predicted molar refractivity (Wildman–Crippen MR) is 94.7 cm³/mol. The van der Waals surface area contributed by atoms with E-state index in [0.29, 0.717) is 24.4 Å². The van der Waals surface area contributed by atoms with Crippen molar-refractivity contribution in [3.8, 4) is 5.75 Å². The Balaban J connectivity index is 1.69. The van der Waals surface area contributed by atoms with Gasteiger partial charge in [0, 0.05) is 30.7 Å². The van der Waals surface area contributed by atoms with Crippen LogP contribution in [0.3, 0.4) is 0 Å². The molecule has 0 amide bonds. The van der Waals surface area contributed by atoms with Gasteiger partial charge in [0.05, 0.1) is 17.7 Å². The van der Waals surface area contributed by atoms with Gasteiger partial charge in [0.25, 0.3) is 0 Å². The number of anilines is 1. The quantitative estimate of drug-likeness (QED) is 0.675. The monoisotopic (exact) mass is 321 g/mol. The zero-order valence-corrected chi connectivity index (χ0v) is 13.5. The second kappa shape index (κ2) is 7.55. The maximum absolute atomic E-state index is 11.2. The number of pyridine rings is 2. The van der Waals surface area contributed by atoms with Crippen molar-refractivity contribution in [3.05, 3.63) is 59.9 Å². The summed E-state index contributed by atoms with van der Waals surface area (Å²) in [5, 5.41) is 4.07. The van der Waals surface area contributed by atoms with E-state index < -0.39 is 0 Å². The Kier molecular flexibility index (Phi) is 5.01. The van der Waals surface area contributed by atoms with Crippen LogP contribution in [-0.2, 0) is 6.42 Å². The Morgan fingerprint density at radius 3 is 2.92 bits per heavy atom. The Morgan fingerprint density at radius 2 is 2.08 bits per heavy atom. The molecule has 5 heteroatoms. The van der Waals surface area contributed by atoms with E-state index in [1.54, 1.807) is 12.4 Å². The number of benzene rings is 1. The molecule has 2 heterocycles. The third-order valence-corrected chi connectivity index (χ3v) is 3.70. The molecule has 1 N–H and O–H groups in total. The molecule has 0 aliphatic rings. The third-order valence-electron chi connectivity index (χ3n) is 3.70. The number of aromatic nitrogens is 2. The standard InChI is InChI=1S/C19H19N3O2/c1-2-20-19-15(13-23)11-14(12-22-19)8-10-24-18-7-9-21-17-6-4-3-5-16(17)18/h3-7,9,11-13H,2,8,10H2,1H3,(H,20,22). The highest BCUT2D eigenvalue weighted by molar-refractivity contribution is 5.84. The highest BCUT2D eigenvalue weighted by Crippen LogP contribution is 2.23. The number of fused-ring (bicyclic) bond motifs is 1. The molecule has 0 aliphatic carbocycles. The van der Waals surface area contributed by atoms with Crippen molar-refractivity contribution >= 4 is 23.0 Å². The van der Waals surface area contributed by atoms with E-state index in [-0.39, 0.29) is 0 Å². The lowest BCUT2D eigenvalue weighted by Crippen LogP contribution is -2.06. The summed E-state index contributed by atoms with van der Waals surface area (Å²) in [6, 6.07) is 11.6. The highest BCUT2D eigenvalue weighted by atomic mass is 16.5. The maximum atomic E-state index is 11.2. The van der Waals surface area contributed by atoms with E-state index in [0.717, 1.165) is 35.0 Å². The average molecular weight is 321 g/mol. The molecule has 0 radical (unpaired) electrons. The van der Waals surface area contributed by atoms with Gasteiger partial charge in [0.15, 0.2) is 6.29 Å². The van der Waals surface area contributed by atoms with Crippen LogP contribution in [0.5, 0.6) is 5.75 Å². The summed E-state index contributed by atoms with van der Waals surface area (Å²) in [5.74, 6) is 1.44. The fraction of sp³-hybridized carbons (Fsp3) is 0.211. The van der Waals surface area contributed by atoms with Crippen LogP contribution in [0.2, 0.25) is 0 Å². The molecular weight excluding hydrogens is 302 g/mol. The molecule has 0 fully saturated rings. The normalized spacial score (nSPS) is 10.5. The van der Waals surface area contributed by atoms with Gasteiger partial charge in [0.1, 0.15) is 11.6 Å². The van der Waals surface area contributed by atoms with Crippen LogP contribution in [0.15, 0.2) is 48.8 Å². The molecule has 122 valence electrons. The minimum Gasteiger partial charge on any atom is -0.492 e. The SMILES string of the molecule is CCNc1ncc(CCOc2ccnc3ccccc23)cc1C=O. The van der Waals surface area contributed by atoms with Gasteiger partial charge in [-0.2, -0.15) is 0 Å². The van der Waals surface area contributed by atoms with E-state index in [1.807, 2.05) is 43.3 Å². The molecular formula is C19H19N3O2. The lowest BCUT2D eigenvalue weighted by Gasteiger charge is -2.10. The second-order valence-electron chi connectivity index (χ2n) is 5.35. The number of carbonyl (C=O) groups is 1. The lowest BCUT2D eigenvalue weighted by atomic mass is 10.1. The van der Waals surface area contributed by atoms with E-state index in [1.165, 1.54) is 0 Å². The van der Waals surface area contributed by atoms with Gasteiger partial charge in [-0.15, -0.1) is 0 Å². The summed E-state index contributed by atoms with van der Waals surface area (Å²) in [6.45, 7) is 3.21. The van der Waals surface area contributed by atoms with Crippen LogP contribution in [0.4, 0.5) is 5.82 Å². The van der Waals surface area contributed by atoms with E-state index in [4.69, 9.17) is 4.74 Å². The molecule has 0 saturated carbocycles. The third kappa shape index (κ3) is 3.51. The Labute approximate surface area is 140 Å². The maximum Gasteiger partial charge on any atom is 0.153 e. The fourth-order valence-electron chi connectivity index (χ4n) is 2.54. The largest absolute Gasteiger partial charge is 0.492 e. The van der Waals surface area contributed by atoms with Gasteiger partial charge in [-0.25, -0.2) is 4.98 Å². The van der Waals surface area contributed by atoms with Crippen molar-refractivity contribution in [1.29, 1.82) is 0 Å². The number of nitrogens with zero attached hydrogens (tertiary/aromatic N) is 2. The van der Waals surface area contributed by atoms with Crippen molar-refractivity contribution in [1.82, 2.24) is 9.97 Å². The number of ether oxygens (including phenoxy) is 1. The summed E-state index contributed by atoms with van der Waals surface area (Å²) in [5.41, 5.74) is 2.45. The summed E-state index contributed by atoms with van der Waals surface area (Å²) >= 11 is 0. The minimum absolute atomic E-state index is 0.508. The van der Waals surface area contributed by atoms with Gasteiger partial charge in [-0.1, -0.05) is 12.1 Å². The Bertz CT molecular complexity index is 844. The first kappa shape index (κ1) is 15.9. The topological polar surface area (TPSA) is 64.1 Å². The first-order chi connectivity index (χ1) is 11.8. The smallest absolute Gasteiger partial charge is 0.153 e. The number of rotatable bonds is 7. The molecule has 0 spiro atoms. The van der Waals surface area contributed by atoms with Crippen molar-refractivity contribution in [2.24, 2.45) is 0 Å². The van der Waals surface area contributed by atoms with Crippen LogP contribution in [-0.4, -0.2) is 29.4 Å². The average Bonchev–Trinajstić information content (AvgIpc) is 2.63. The van der Waals surface area contributed by atoms with Crippen LogP contribution in [0.25, 0.3) is 10.9 Å². The molecule has 3 aromatic rings. The molecule has 0 bridgehead atoms. The van der Waals surface area contributed by atoms with Crippen molar-refractivity contribution in [3.63, 3.8) is 0 Å². The number of nitrogens with one attached hydrogen (secondary N) is 1. The van der Waals surface area contributed by atoms with Crippen LogP contribution in [0.1, 0.15) is 22.8 Å². The summed E-state index contributed by atoms with van der Waals surface area (Å²) in [7, 11) is 0. The fourth-order valence-corrected chi connectivity index (χ4v) is 2.54. The molecule has 0 saturated heterocycles. The first-order valence-electron chi connectivity index (χ1n) is 7.96. The zero-order chi connectivity index (χ0) is 16.8. The molecule has 5 nitrogen and oxygen atoms in total. The molecule has 2 aromatic heterocycles. The van der Waals surface area contributed by atoms with Gasteiger partial charge < -0.3 is 10.1 Å². The van der Waals surface area contributed by atoms with E-state index in [9.17, 15) is 4.79 Å². The summed E-state index contributed by atoms with van der Waals surface area (Å²) < 4.78 is 5.90. The molecule has 3 rings (SSSR count). The summed E-state index contributed by atoms with van der Waals surface area (Å²) in [6.07, 6.45) is 5.02. The number of carbonyl (C=O) groups excluding carboxylic acids is 1.